The fraction of sp³-hybridized carbons (Fsp3) is 0.353. The fourth-order valence-corrected chi connectivity index (χ4v) is 2.78. The zero-order chi connectivity index (χ0) is 16.2. The Morgan fingerprint density at radius 2 is 2.13 bits per heavy atom. The van der Waals surface area contributed by atoms with E-state index in [4.69, 9.17) is 0 Å². The van der Waals surface area contributed by atoms with E-state index in [2.05, 4.69) is 10.4 Å². The highest BCUT2D eigenvalue weighted by Gasteiger charge is 2.14. The molecule has 1 heterocycles. The summed E-state index contributed by atoms with van der Waals surface area (Å²) in [6.07, 6.45) is 2.83. The third kappa shape index (κ3) is 3.64. The van der Waals surface area contributed by atoms with E-state index in [1.54, 1.807) is 24.3 Å². The predicted molar refractivity (Wildman–Crippen MR) is 83.6 cm³/mol. The van der Waals surface area contributed by atoms with Gasteiger partial charge in [-0.3, -0.25) is 9.59 Å². The average Bonchev–Trinajstić information content (AvgIpc) is 2.97. The van der Waals surface area contributed by atoms with Crippen LogP contribution < -0.4 is 10.9 Å². The highest BCUT2D eigenvalue weighted by atomic mass is 19.1. The molecule has 0 atom stereocenters. The van der Waals surface area contributed by atoms with Gasteiger partial charge in [0.15, 0.2) is 0 Å². The number of aromatic nitrogens is 2. The SMILES string of the molecule is O=C(Cc1ccccc1F)NCCn1nc2c(cc1=O)CCC2. The first-order valence-corrected chi connectivity index (χ1v) is 7.73. The van der Waals surface area contributed by atoms with Gasteiger partial charge in [-0.2, -0.15) is 5.10 Å². The Labute approximate surface area is 133 Å². The van der Waals surface area contributed by atoms with E-state index < -0.39 is 0 Å². The lowest BCUT2D eigenvalue weighted by Crippen LogP contribution is -2.33. The lowest BCUT2D eigenvalue weighted by atomic mass is 10.1. The lowest BCUT2D eigenvalue weighted by Gasteiger charge is -2.08. The molecule has 1 aromatic heterocycles. The third-order valence-electron chi connectivity index (χ3n) is 3.98. The van der Waals surface area contributed by atoms with Crippen molar-refractivity contribution < 1.29 is 9.18 Å². The van der Waals surface area contributed by atoms with Gasteiger partial charge in [-0.1, -0.05) is 18.2 Å². The minimum atomic E-state index is -0.390. The first kappa shape index (κ1) is 15.4. The summed E-state index contributed by atoms with van der Waals surface area (Å²) in [5, 5.41) is 7.04. The quantitative estimate of drug-likeness (QED) is 0.902. The largest absolute Gasteiger partial charge is 0.354 e. The summed E-state index contributed by atoms with van der Waals surface area (Å²) in [6.45, 7) is 0.605. The zero-order valence-corrected chi connectivity index (χ0v) is 12.7. The van der Waals surface area contributed by atoms with Gasteiger partial charge in [0.25, 0.3) is 5.56 Å². The highest BCUT2D eigenvalue weighted by molar-refractivity contribution is 5.78. The molecule has 0 radical (unpaired) electrons. The number of carbonyl (C=O) groups excluding carboxylic acids is 1. The number of amides is 1. The third-order valence-corrected chi connectivity index (χ3v) is 3.98. The zero-order valence-electron chi connectivity index (χ0n) is 12.7. The van der Waals surface area contributed by atoms with Crippen LogP contribution in [0.3, 0.4) is 0 Å². The molecule has 1 N–H and O–H groups in total. The van der Waals surface area contributed by atoms with Crippen molar-refractivity contribution in [2.75, 3.05) is 6.54 Å². The molecule has 0 unspecified atom stereocenters. The molecule has 6 heteroatoms. The smallest absolute Gasteiger partial charge is 0.267 e. The van der Waals surface area contributed by atoms with Gasteiger partial charge >= 0.3 is 0 Å². The molecule has 1 aliphatic rings. The maximum absolute atomic E-state index is 13.5. The molecule has 120 valence electrons. The molecule has 2 aromatic rings. The second kappa shape index (κ2) is 6.73. The Bertz CT molecular complexity index is 786. The van der Waals surface area contributed by atoms with Crippen molar-refractivity contribution in [2.45, 2.75) is 32.2 Å². The summed E-state index contributed by atoms with van der Waals surface area (Å²) >= 11 is 0. The van der Waals surface area contributed by atoms with E-state index in [0.29, 0.717) is 18.7 Å². The maximum atomic E-state index is 13.5. The molecule has 1 aliphatic carbocycles. The minimum absolute atomic E-state index is 0.0147. The number of fused-ring (bicyclic) bond motifs is 1. The van der Waals surface area contributed by atoms with E-state index in [-0.39, 0.29) is 23.7 Å². The fourth-order valence-electron chi connectivity index (χ4n) is 2.78. The van der Waals surface area contributed by atoms with Crippen molar-refractivity contribution in [1.82, 2.24) is 15.1 Å². The Kier molecular flexibility index (Phi) is 4.50. The molecule has 0 spiro atoms. The molecule has 0 bridgehead atoms. The van der Waals surface area contributed by atoms with Gasteiger partial charge < -0.3 is 5.32 Å². The van der Waals surface area contributed by atoms with Crippen molar-refractivity contribution in [3.63, 3.8) is 0 Å². The molecule has 0 saturated heterocycles. The van der Waals surface area contributed by atoms with Gasteiger partial charge in [0.05, 0.1) is 18.7 Å². The van der Waals surface area contributed by atoms with Crippen LogP contribution in [-0.2, 0) is 30.6 Å². The summed E-state index contributed by atoms with van der Waals surface area (Å²) in [5.74, 6) is -0.663. The van der Waals surface area contributed by atoms with Crippen LogP contribution in [0.5, 0.6) is 0 Å². The van der Waals surface area contributed by atoms with Gasteiger partial charge in [-0.05, 0) is 36.5 Å². The summed E-state index contributed by atoms with van der Waals surface area (Å²) in [5.41, 5.74) is 2.23. The monoisotopic (exact) mass is 315 g/mol. The van der Waals surface area contributed by atoms with Crippen LogP contribution in [0.2, 0.25) is 0 Å². The number of nitrogens with zero attached hydrogens (tertiary/aromatic N) is 2. The molecule has 3 rings (SSSR count). The first-order valence-electron chi connectivity index (χ1n) is 7.73. The summed E-state index contributed by atoms with van der Waals surface area (Å²) in [7, 11) is 0. The Balaban J connectivity index is 1.55. The number of hydrogen-bond acceptors (Lipinski definition) is 3. The van der Waals surface area contributed by atoms with Crippen molar-refractivity contribution in [1.29, 1.82) is 0 Å². The molecule has 1 amide bonds. The Morgan fingerprint density at radius 3 is 2.96 bits per heavy atom. The van der Waals surface area contributed by atoms with Crippen LogP contribution in [0.1, 0.15) is 23.2 Å². The number of nitrogens with one attached hydrogen (secondary N) is 1. The maximum Gasteiger partial charge on any atom is 0.267 e. The normalized spacial score (nSPS) is 12.9. The summed E-state index contributed by atoms with van der Waals surface area (Å²) < 4.78 is 14.9. The van der Waals surface area contributed by atoms with Crippen LogP contribution in [0.4, 0.5) is 4.39 Å². The van der Waals surface area contributed by atoms with Crippen LogP contribution in [0.25, 0.3) is 0 Å². The number of rotatable bonds is 5. The topological polar surface area (TPSA) is 64.0 Å². The van der Waals surface area contributed by atoms with Crippen molar-refractivity contribution in [2.24, 2.45) is 0 Å². The summed E-state index contributed by atoms with van der Waals surface area (Å²) in [4.78, 5) is 23.8. The molecule has 5 nitrogen and oxygen atoms in total. The number of aryl methyl sites for hydroxylation is 2. The van der Waals surface area contributed by atoms with Crippen molar-refractivity contribution in [3.05, 3.63) is 63.3 Å². The van der Waals surface area contributed by atoms with E-state index in [1.165, 1.54) is 10.7 Å². The highest BCUT2D eigenvalue weighted by Crippen LogP contribution is 2.16. The van der Waals surface area contributed by atoms with Crippen LogP contribution in [-0.4, -0.2) is 22.2 Å². The van der Waals surface area contributed by atoms with E-state index in [1.807, 2.05) is 0 Å². The van der Waals surface area contributed by atoms with Crippen LogP contribution in [0, 0.1) is 5.82 Å². The molecule has 23 heavy (non-hydrogen) atoms. The number of benzene rings is 1. The molecular weight excluding hydrogens is 297 g/mol. The van der Waals surface area contributed by atoms with Gasteiger partial charge in [0, 0.05) is 12.6 Å². The Hall–Kier alpha value is -2.50. The van der Waals surface area contributed by atoms with E-state index in [0.717, 1.165) is 30.5 Å². The average molecular weight is 315 g/mol. The van der Waals surface area contributed by atoms with Crippen LogP contribution in [0.15, 0.2) is 35.1 Å². The predicted octanol–water partition coefficient (Wildman–Crippen LogP) is 1.23. The first-order chi connectivity index (χ1) is 11.1. The number of halogens is 1. The number of hydrogen-bond donors (Lipinski definition) is 1. The molecule has 0 aliphatic heterocycles. The van der Waals surface area contributed by atoms with Crippen LogP contribution >= 0.6 is 0 Å². The lowest BCUT2D eigenvalue weighted by molar-refractivity contribution is -0.120. The molecule has 1 aromatic carbocycles. The molecule has 0 saturated carbocycles. The van der Waals surface area contributed by atoms with Gasteiger partial charge in [0.1, 0.15) is 5.82 Å². The van der Waals surface area contributed by atoms with Gasteiger partial charge in [0.2, 0.25) is 5.91 Å². The van der Waals surface area contributed by atoms with E-state index in [9.17, 15) is 14.0 Å². The second-order valence-electron chi connectivity index (χ2n) is 5.65. The Morgan fingerprint density at radius 1 is 1.30 bits per heavy atom. The van der Waals surface area contributed by atoms with E-state index >= 15 is 0 Å². The summed E-state index contributed by atoms with van der Waals surface area (Å²) in [6, 6.07) is 7.83. The van der Waals surface area contributed by atoms with Gasteiger partial charge in [-0.25, -0.2) is 9.07 Å². The van der Waals surface area contributed by atoms with Crippen molar-refractivity contribution in [3.8, 4) is 0 Å². The molecule has 0 fully saturated rings. The second-order valence-corrected chi connectivity index (χ2v) is 5.65. The molecular formula is C17H18FN3O2. The number of carbonyl (C=O) groups is 1. The van der Waals surface area contributed by atoms with Gasteiger partial charge in [-0.15, -0.1) is 0 Å². The van der Waals surface area contributed by atoms with Crippen molar-refractivity contribution >= 4 is 5.91 Å². The standard InChI is InChI=1S/C17H18FN3O2/c18-14-6-2-1-4-12(14)10-16(22)19-8-9-21-17(23)11-13-5-3-7-15(13)20-21/h1-2,4,6,11H,3,5,7-10H2,(H,19,22). The minimum Gasteiger partial charge on any atom is -0.354 e.